The van der Waals surface area contributed by atoms with Crippen LogP contribution >= 0.6 is 0 Å². The van der Waals surface area contributed by atoms with E-state index in [9.17, 15) is 0 Å². The van der Waals surface area contributed by atoms with Crippen LogP contribution in [0, 0.1) is 26.4 Å². The highest BCUT2D eigenvalue weighted by molar-refractivity contribution is 6.32. The first-order chi connectivity index (χ1) is 12.6. The predicted molar refractivity (Wildman–Crippen MR) is 109 cm³/mol. The standard InChI is InChI=1S/C23H25N3/c1-18-9-7-12-21(15-18)24-17-22-11-5-4-6-14-26(20(3)25-22)23-13-8-10-19(2)16-23/h4-5,7-17,25H,6H2,1-3H3/b5-4-,24-17?,25-22?,26-14+. The Morgan fingerprint density at radius 1 is 1.12 bits per heavy atom. The maximum absolute atomic E-state index is 4.61. The quantitative estimate of drug-likeness (QED) is 0.501. The zero-order chi connectivity index (χ0) is 18.4. The molecule has 0 amide bonds. The Balaban J connectivity index is 1.88. The fourth-order valence-electron chi connectivity index (χ4n) is 2.87. The lowest BCUT2D eigenvalue weighted by Gasteiger charge is -2.11. The van der Waals surface area contributed by atoms with Crippen LogP contribution in [0.5, 0.6) is 0 Å². The molecule has 1 aliphatic rings. The highest BCUT2D eigenvalue weighted by Crippen LogP contribution is 2.16. The molecule has 0 aliphatic carbocycles. The van der Waals surface area contributed by atoms with Crippen LogP contribution in [-0.4, -0.2) is 22.7 Å². The van der Waals surface area contributed by atoms with Crippen molar-refractivity contribution in [2.45, 2.75) is 27.2 Å². The van der Waals surface area contributed by atoms with E-state index in [0.29, 0.717) is 0 Å². The van der Waals surface area contributed by atoms with Crippen LogP contribution in [-0.2, 0) is 0 Å². The minimum Gasteiger partial charge on any atom is -0.323 e. The van der Waals surface area contributed by atoms with Gasteiger partial charge in [-0.1, -0.05) is 29.8 Å². The molecule has 0 aromatic heterocycles. The van der Waals surface area contributed by atoms with Crippen molar-refractivity contribution in [2.75, 3.05) is 0 Å². The lowest BCUT2D eigenvalue weighted by molar-refractivity contribution is -0.640. The van der Waals surface area contributed by atoms with Gasteiger partial charge in [0.15, 0.2) is 0 Å². The van der Waals surface area contributed by atoms with Crippen molar-refractivity contribution in [3.8, 4) is 0 Å². The van der Waals surface area contributed by atoms with Crippen LogP contribution in [0.15, 0.2) is 65.7 Å². The first kappa shape index (κ1) is 17.7. The molecule has 0 fully saturated rings. The molecule has 0 atom stereocenters. The number of rotatable bonds is 3. The number of aliphatic imine (C=N–C) groups is 1. The predicted octanol–water partition coefficient (Wildman–Crippen LogP) is 3.62. The molecule has 2 aromatic carbocycles. The summed E-state index contributed by atoms with van der Waals surface area (Å²) >= 11 is 0. The number of aryl methyl sites for hydroxylation is 2. The molecule has 2 aromatic rings. The van der Waals surface area contributed by atoms with Crippen LogP contribution in [0.1, 0.15) is 24.5 Å². The normalized spacial score (nSPS) is 18.2. The van der Waals surface area contributed by atoms with Gasteiger partial charge in [-0.15, -0.1) is 6.42 Å². The summed E-state index contributed by atoms with van der Waals surface area (Å²) in [5.41, 5.74) is 5.51. The molecule has 0 unspecified atom stereocenters. The average molecular weight is 343 g/mol. The largest absolute Gasteiger partial charge is 0.332 e. The van der Waals surface area contributed by atoms with Gasteiger partial charge >= 0.3 is 6.17 Å². The SMILES string of the molecule is Cc1cccc(N=CC2=[NH+][C-](C)/[N+](c3cccc(C)c3)=C\C/C=C\[CH-]2)c1. The molecule has 0 saturated carbocycles. The van der Waals surface area contributed by atoms with Crippen LogP contribution in [0.25, 0.3) is 0 Å². The van der Waals surface area contributed by atoms with Crippen LogP contribution in [0.4, 0.5) is 11.4 Å². The summed E-state index contributed by atoms with van der Waals surface area (Å²) in [7, 11) is 0. The maximum atomic E-state index is 4.61. The topological polar surface area (TPSA) is 29.3 Å². The molecule has 3 rings (SSSR count). The fourth-order valence-corrected chi connectivity index (χ4v) is 2.87. The van der Waals surface area contributed by atoms with Gasteiger partial charge in [0.1, 0.15) is 5.69 Å². The third-order valence-corrected chi connectivity index (χ3v) is 4.16. The Kier molecular flexibility index (Phi) is 5.69. The van der Waals surface area contributed by atoms with E-state index in [1.54, 1.807) is 0 Å². The summed E-state index contributed by atoms with van der Waals surface area (Å²) in [5, 5.41) is 0. The van der Waals surface area contributed by atoms with Gasteiger partial charge in [0, 0.05) is 11.4 Å². The van der Waals surface area contributed by atoms with Crippen molar-refractivity contribution >= 4 is 29.5 Å². The smallest absolute Gasteiger partial charge is 0.323 e. The molecule has 3 heteroatoms. The Hall–Kier alpha value is -3.07. The summed E-state index contributed by atoms with van der Waals surface area (Å²) in [6.45, 7) is 6.27. The summed E-state index contributed by atoms with van der Waals surface area (Å²) in [4.78, 5) is 8.09. The van der Waals surface area contributed by atoms with Crippen molar-refractivity contribution in [1.29, 1.82) is 0 Å². The number of hydrogen-bond acceptors (Lipinski definition) is 1. The third-order valence-electron chi connectivity index (χ3n) is 4.16. The number of hydrogen-bond donors (Lipinski definition) is 1. The van der Waals surface area contributed by atoms with Gasteiger partial charge in [-0.3, -0.25) is 4.99 Å². The molecule has 26 heavy (non-hydrogen) atoms. The lowest BCUT2D eigenvalue weighted by atomic mass is 10.2. The lowest BCUT2D eigenvalue weighted by Crippen LogP contribution is -2.76. The number of benzene rings is 2. The minimum atomic E-state index is 0.867. The summed E-state index contributed by atoms with van der Waals surface area (Å²) in [5.74, 6) is 0. The van der Waals surface area contributed by atoms with E-state index in [1.807, 2.05) is 18.3 Å². The second kappa shape index (κ2) is 8.34. The first-order valence-corrected chi connectivity index (χ1v) is 8.89. The second-order valence-electron chi connectivity index (χ2n) is 6.49. The van der Waals surface area contributed by atoms with Crippen molar-refractivity contribution in [3.05, 3.63) is 84.4 Å². The Bertz CT molecular complexity index is 888. The van der Waals surface area contributed by atoms with Crippen molar-refractivity contribution in [2.24, 2.45) is 4.99 Å². The van der Waals surface area contributed by atoms with Gasteiger partial charge in [0.05, 0.1) is 13.1 Å². The molecular formula is C23H25N3. The highest BCUT2D eigenvalue weighted by atomic mass is 15.1. The van der Waals surface area contributed by atoms with Gasteiger partial charge in [0.2, 0.25) is 0 Å². The zero-order valence-electron chi connectivity index (χ0n) is 15.6. The summed E-state index contributed by atoms with van der Waals surface area (Å²) in [6, 6.07) is 16.7. The van der Waals surface area contributed by atoms with Crippen molar-refractivity contribution < 1.29 is 9.57 Å². The molecule has 3 nitrogen and oxygen atoms in total. The molecule has 0 spiro atoms. The molecule has 0 bridgehead atoms. The van der Waals surface area contributed by atoms with Crippen LogP contribution < -0.4 is 4.99 Å². The molecule has 132 valence electrons. The zero-order valence-corrected chi connectivity index (χ0v) is 15.6. The van der Waals surface area contributed by atoms with Crippen molar-refractivity contribution in [1.82, 2.24) is 0 Å². The number of nitrogens with zero attached hydrogens (tertiary/aromatic N) is 2. The van der Waals surface area contributed by atoms with E-state index in [1.165, 1.54) is 11.1 Å². The van der Waals surface area contributed by atoms with Gasteiger partial charge in [-0.25, -0.2) is 4.58 Å². The molecule has 1 N–H and O–H groups in total. The van der Waals surface area contributed by atoms with E-state index in [0.717, 1.165) is 29.7 Å². The van der Waals surface area contributed by atoms with Gasteiger partial charge in [-0.2, -0.15) is 12.2 Å². The van der Waals surface area contributed by atoms with Gasteiger partial charge < -0.3 is 4.99 Å². The maximum Gasteiger partial charge on any atom is 0.332 e. The van der Waals surface area contributed by atoms with E-state index >= 15 is 0 Å². The van der Waals surface area contributed by atoms with Gasteiger partial charge in [0.25, 0.3) is 0 Å². The highest BCUT2D eigenvalue weighted by Gasteiger charge is 2.16. The van der Waals surface area contributed by atoms with E-state index in [-0.39, 0.29) is 0 Å². The van der Waals surface area contributed by atoms with E-state index in [2.05, 4.69) is 96.5 Å². The fraction of sp³-hybridized carbons (Fsp3) is 0.174. The van der Waals surface area contributed by atoms with Gasteiger partial charge in [-0.05, 0) is 56.3 Å². The van der Waals surface area contributed by atoms with E-state index < -0.39 is 0 Å². The summed E-state index contributed by atoms with van der Waals surface area (Å²) in [6.07, 6.45) is 12.2. The molecule has 1 aliphatic heterocycles. The minimum absolute atomic E-state index is 0.867. The molecular weight excluding hydrogens is 318 g/mol. The number of allylic oxidation sites excluding steroid dienone is 2. The molecule has 1 heterocycles. The third kappa shape index (κ3) is 4.73. The average Bonchev–Trinajstić information content (AvgIpc) is 2.70. The Morgan fingerprint density at radius 2 is 1.88 bits per heavy atom. The van der Waals surface area contributed by atoms with Crippen molar-refractivity contribution in [3.63, 3.8) is 0 Å². The first-order valence-electron chi connectivity index (χ1n) is 8.89. The second-order valence-corrected chi connectivity index (χ2v) is 6.49. The van der Waals surface area contributed by atoms with Crippen LogP contribution in [0.3, 0.4) is 0 Å². The van der Waals surface area contributed by atoms with Crippen LogP contribution in [0.2, 0.25) is 0 Å². The Morgan fingerprint density at radius 3 is 2.65 bits per heavy atom. The summed E-state index contributed by atoms with van der Waals surface area (Å²) < 4.78 is 2.19. The monoisotopic (exact) mass is 343 g/mol. The van der Waals surface area contributed by atoms with E-state index in [4.69, 9.17) is 0 Å². The molecule has 0 saturated heterocycles. The molecule has 0 radical (unpaired) electrons. The Labute approximate surface area is 156 Å². The number of nitrogens with one attached hydrogen (secondary N) is 1.